The van der Waals surface area contributed by atoms with E-state index in [2.05, 4.69) is 5.32 Å². The van der Waals surface area contributed by atoms with Crippen LogP contribution in [-0.4, -0.2) is 5.91 Å². The van der Waals surface area contributed by atoms with Crippen LogP contribution in [0, 0.1) is 18.3 Å². The highest BCUT2D eigenvalue weighted by molar-refractivity contribution is 6.31. The normalized spacial score (nSPS) is 9.00. The molecule has 0 atom stereocenters. The van der Waals surface area contributed by atoms with Crippen LogP contribution in [0.1, 0.15) is 5.56 Å². The summed E-state index contributed by atoms with van der Waals surface area (Å²) in [5, 5.41) is 11.2. The van der Waals surface area contributed by atoms with Gasteiger partial charge in [0.1, 0.15) is 0 Å². The number of amides is 1. The quantitative estimate of drug-likeness (QED) is 0.697. The van der Waals surface area contributed by atoms with Crippen LogP contribution in [0.3, 0.4) is 0 Å². The fourth-order valence-electron chi connectivity index (χ4n) is 0.879. The number of hydrogen-bond donors (Lipinski definition) is 1. The maximum absolute atomic E-state index is 10.7. The van der Waals surface area contributed by atoms with Gasteiger partial charge >= 0.3 is 5.91 Å². The molecule has 3 nitrogen and oxygen atoms in total. The topological polar surface area (TPSA) is 52.9 Å². The zero-order valence-corrected chi connectivity index (χ0v) is 7.72. The number of carbonyl (C=O) groups is 1. The molecule has 0 aromatic heterocycles. The lowest BCUT2D eigenvalue weighted by Crippen LogP contribution is -2.08. The van der Waals surface area contributed by atoms with Gasteiger partial charge in [0.2, 0.25) is 0 Å². The molecule has 0 fully saturated rings. The lowest BCUT2D eigenvalue weighted by atomic mass is 10.2. The molecule has 1 N–H and O–H groups in total. The molecule has 1 amide bonds. The van der Waals surface area contributed by atoms with Crippen LogP contribution in [0.15, 0.2) is 18.2 Å². The second-order valence-corrected chi connectivity index (χ2v) is 2.96. The van der Waals surface area contributed by atoms with E-state index in [0.29, 0.717) is 10.7 Å². The third-order valence-electron chi connectivity index (χ3n) is 1.55. The van der Waals surface area contributed by atoms with Gasteiger partial charge in [-0.15, -0.1) is 0 Å². The van der Waals surface area contributed by atoms with Gasteiger partial charge in [-0.05, 0) is 24.6 Å². The summed E-state index contributed by atoms with van der Waals surface area (Å²) in [5.41, 5.74) is 1.44. The molecule has 0 bridgehead atoms. The zero-order chi connectivity index (χ0) is 9.84. The molecule has 0 aliphatic carbocycles. The highest BCUT2D eigenvalue weighted by Gasteiger charge is 2.02. The van der Waals surface area contributed by atoms with Gasteiger partial charge in [0, 0.05) is 10.7 Å². The van der Waals surface area contributed by atoms with Gasteiger partial charge in [0.15, 0.2) is 6.07 Å². The van der Waals surface area contributed by atoms with Gasteiger partial charge in [0.05, 0.1) is 0 Å². The lowest BCUT2D eigenvalue weighted by molar-refractivity contribution is -0.111. The van der Waals surface area contributed by atoms with E-state index in [4.69, 9.17) is 16.9 Å². The summed E-state index contributed by atoms with van der Waals surface area (Å²) >= 11 is 5.71. The number of nitrogens with one attached hydrogen (secondary N) is 1. The first kappa shape index (κ1) is 9.56. The Labute approximate surface area is 80.9 Å². The SMILES string of the molecule is Cc1ccc(Cl)cc1NC(=O)C#N. The maximum atomic E-state index is 10.7. The van der Waals surface area contributed by atoms with Crippen LogP contribution in [-0.2, 0) is 4.79 Å². The summed E-state index contributed by atoms with van der Waals surface area (Å²) in [7, 11) is 0. The monoisotopic (exact) mass is 194 g/mol. The molecular formula is C9H7ClN2O. The number of benzene rings is 1. The lowest BCUT2D eigenvalue weighted by Gasteiger charge is -2.04. The molecule has 1 aromatic rings. The number of halogens is 1. The van der Waals surface area contributed by atoms with Gasteiger partial charge in [-0.2, -0.15) is 5.26 Å². The van der Waals surface area contributed by atoms with Gasteiger partial charge in [-0.1, -0.05) is 17.7 Å². The second-order valence-electron chi connectivity index (χ2n) is 2.53. The van der Waals surface area contributed by atoms with E-state index in [0.717, 1.165) is 5.56 Å². The van der Waals surface area contributed by atoms with Crippen molar-refractivity contribution in [1.29, 1.82) is 5.26 Å². The Morgan fingerprint density at radius 3 is 2.92 bits per heavy atom. The predicted octanol–water partition coefficient (Wildman–Crippen LogP) is 2.11. The summed E-state index contributed by atoms with van der Waals surface area (Å²) in [6.07, 6.45) is 0. The average molecular weight is 195 g/mol. The molecular weight excluding hydrogens is 188 g/mol. The Kier molecular flexibility index (Phi) is 2.88. The highest BCUT2D eigenvalue weighted by atomic mass is 35.5. The first-order chi connectivity index (χ1) is 6.13. The van der Waals surface area contributed by atoms with Crippen LogP contribution < -0.4 is 5.32 Å². The molecule has 13 heavy (non-hydrogen) atoms. The van der Waals surface area contributed by atoms with Crippen LogP contribution in [0.2, 0.25) is 5.02 Å². The standard InChI is InChI=1S/C9H7ClN2O/c1-6-2-3-7(10)4-8(6)12-9(13)5-11/h2-4H,1H3,(H,12,13). The van der Waals surface area contributed by atoms with E-state index in [9.17, 15) is 4.79 Å². The Bertz CT molecular complexity index is 382. The van der Waals surface area contributed by atoms with Crippen LogP contribution in [0.5, 0.6) is 0 Å². The third-order valence-corrected chi connectivity index (χ3v) is 1.78. The number of anilines is 1. The Morgan fingerprint density at radius 1 is 1.62 bits per heavy atom. The average Bonchev–Trinajstić information content (AvgIpc) is 2.11. The van der Waals surface area contributed by atoms with Crippen LogP contribution in [0.25, 0.3) is 0 Å². The van der Waals surface area contributed by atoms with E-state index in [1.54, 1.807) is 18.2 Å². The van der Waals surface area contributed by atoms with E-state index in [1.807, 2.05) is 6.92 Å². The first-order valence-corrected chi connectivity index (χ1v) is 3.98. The summed E-state index contributed by atoms with van der Waals surface area (Å²) in [6.45, 7) is 1.82. The number of rotatable bonds is 1. The molecule has 0 saturated carbocycles. The number of carbonyl (C=O) groups excluding carboxylic acids is 1. The Hall–Kier alpha value is -1.53. The number of aryl methyl sites for hydroxylation is 1. The maximum Gasteiger partial charge on any atom is 0.326 e. The minimum Gasteiger partial charge on any atom is -0.313 e. The minimum absolute atomic E-state index is 0.527. The number of nitriles is 1. The second kappa shape index (κ2) is 3.92. The van der Waals surface area contributed by atoms with E-state index in [1.165, 1.54) is 6.07 Å². The largest absolute Gasteiger partial charge is 0.326 e. The van der Waals surface area contributed by atoms with Crippen molar-refractivity contribution in [2.45, 2.75) is 6.92 Å². The fourth-order valence-corrected chi connectivity index (χ4v) is 1.05. The van der Waals surface area contributed by atoms with Crippen LogP contribution >= 0.6 is 11.6 Å². The molecule has 0 spiro atoms. The molecule has 0 radical (unpaired) electrons. The van der Waals surface area contributed by atoms with Gasteiger partial charge in [-0.25, -0.2) is 0 Å². The zero-order valence-electron chi connectivity index (χ0n) is 6.97. The van der Waals surface area contributed by atoms with Gasteiger partial charge < -0.3 is 5.32 Å². The van der Waals surface area contributed by atoms with Crippen molar-refractivity contribution in [3.63, 3.8) is 0 Å². The smallest absolute Gasteiger partial charge is 0.313 e. The van der Waals surface area contributed by atoms with Crippen molar-refractivity contribution >= 4 is 23.2 Å². The molecule has 66 valence electrons. The van der Waals surface area contributed by atoms with Gasteiger partial charge in [-0.3, -0.25) is 4.79 Å². The molecule has 1 aromatic carbocycles. The van der Waals surface area contributed by atoms with Crippen molar-refractivity contribution < 1.29 is 4.79 Å². The number of hydrogen-bond acceptors (Lipinski definition) is 2. The summed E-state index contributed by atoms with van der Waals surface area (Å²) in [5.74, 6) is -0.689. The molecule has 0 aliphatic rings. The highest BCUT2D eigenvalue weighted by Crippen LogP contribution is 2.19. The Balaban J connectivity index is 2.95. The first-order valence-electron chi connectivity index (χ1n) is 3.60. The molecule has 0 unspecified atom stereocenters. The predicted molar refractivity (Wildman–Crippen MR) is 50.4 cm³/mol. The van der Waals surface area contributed by atoms with Crippen molar-refractivity contribution in [3.8, 4) is 6.07 Å². The van der Waals surface area contributed by atoms with Crippen LogP contribution in [0.4, 0.5) is 5.69 Å². The molecule has 0 aliphatic heterocycles. The van der Waals surface area contributed by atoms with E-state index >= 15 is 0 Å². The van der Waals surface area contributed by atoms with Crippen molar-refractivity contribution in [1.82, 2.24) is 0 Å². The summed E-state index contributed by atoms with van der Waals surface area (Å²) < 4.78 is 0. The van der Waals surface area contributed by atoms with Crippen molar-refractivity contribution in [3.05, 3.63) is 28.8 Å². The molecule has 0 saturated heterocycles. The fraction of sp³-hybridized carbons (Fsp3) is 0.111. The summed E-state index contributed by atoms with van der Waals surface area (Å²) in [4.78, 5) is 10.7. The van der Waals surface area contributed by atoms with Gasteiger partial charge in [0.25, 0.3) is 0 Å². The van der Waals surface area contributed by atoms with E-state index in [-0.39, 0.29) is 0 Å². The Morgan fingerprint density at radius 2 is 2.31 bits per heavy atom. The van der Waals surface area contributed by atoms with Crippen molar-refractivity contribution in [2.75, 3.05) is 5.32 Å². The molecule has 0 heterocycles. The third kappa shape index (κ3) is 2.46. The summed E-state index contributed by atoms with van der Waals surface area (Å²) in [6, 6.07) is 6.56. The minimum atomic E-state index is -0.689. The number of nitrogens with zero attached hydrogens (tertiary/aromatic N) is 1. The van der Waals surface area contributed by atoms with E-state index < -0.39 is 5.91 Å². The van der Waals surface area contributed by atoms with Crippen molar-refractivity contribution in [2.24, 2.45) is 0 Å². The molecule has 1 rings (SSSR count). The molecule has 4 heteroatoms.